The summed E-state index contributed by atoms with van der Waals surface area (Å²) in [5.41, 5.74) is 0. The van der Waals surface area contributed by atoms with Crippen molar-refractivity contribution in [2.45, 2.75) is 74.1 Å². The minimum Gasteiger partial charge on any atom is -0.440 e. The lowest BCUT2D eigenvalue weighted by Crippen LogP contribution is -2.39. The van der Waals surface area contributed by atoms with Gasteiger partial charge in [-0.25, -0.2) is 9.59 Å². The Hall–Kier alpha value is -0.360. The number of carbonyl (C=O) groups is 2. The summed E-state index contributed by atoms with van der Waals surface area (Å²) in [4.78, 5) is 22.1. The molecule has 2 rings (SSSR count). The fourth-order valence-corrected chi connectivity index (χ4v) is 3.64. The van der Waals surface area contributed by atoms with Crippen molar-refractivity contribution >= 4 is 37.2 Å². The van der Waals surface area contributed by atoms with Crippen molar-refractivity contribution in [2.75, 3.05) is 0 Å². The quantitative estimate of drug-likeness (QED) is 0.355. The van der Waals surface area contributed by atoms with Gasteiger partial charge in [0, 0.05) is 0 Å². The van der Waals surface area contributed by atoms with Crippen LogP contribution in [0.5, 0.6) is 0 Å². The van der Waals surface area contributed by atoms with Gasteiger partial charge in [-0.15, -0.1) is 25.3 Å². The Morgan fingerprint density at radius 3 is 1.25 bits per heavy atom. The molecule has 2 fully saturated rings. The van der Waals surface area contributed by atoms with Crippen molar-refractivity contribution < 1.29 is 19.1 Å². The zero-order valence-electron chi connectivity index (χ0n) is 11.6. The Labute approximate surface area is 130 Å². The van der Waals surface area contributed by atoms with E-state index in [2.05, 4.69) is 25.3 Å². The van der Waals surface area contributed by atoms with E-state index in [1.807, 2.05) is 0 Å². The molecule has 4 nitrogen and oxygen atoms in total. The van der Waals surface area contributed by atoms with E-state index in [1.165, 1.54) is 0 Å². The molecule has 0 aromatic heterocycles. The van der Waals surface area contributed by atoms with Crippen LogP contribution >= 0.6 is 25.3 Å². The van der Waals surface area contributed by atoms with Gasteiger partial charge < -0.3 is 9.47 Å². The van der Waals surface area contributed by atoms with Crippen molar-refractivity contribution in [1.82, 2.24) is 0 Å². The number of rotatable bonds is 2. The van der Waals surface area contributed by atoms with Crippen molar-refractivity contribution in [1.29, 1.82) is 0 Å². The van der Waals surface area contributed by atoms with Crippen LogP contribution in [0.1, 0.15) is 64.2 Å². The number of ether oxygens (including phenoxy) is 2. The molecule has 114 valence electrons. The highest BCUT2D eigenvalue weighted by Crippen LogP contribution is 2.37. The summed E-state index contributed by atoms with van der Waals surface area (Å²) in [6.07, 6.45) is 8.80. The largest absolute Gasteiger partial charge is 0.440 e. The summed E-state index contributed by atoms with van der Waals surface area (Å²) in [5, 5.41) is 0. The van der Waals surface area contributed by atoms with Crippen molar-refractivity contribution in [3.63, 3.8) is 0 Å². The molecule has 0 spiro atoms. The van der Waals surface area contributed by atoms with E-state index < -0.39 is 21.8 Å². The first-order valence-electron chi connectivity index (χ1n) is 7.34. The molecule has 0 saturated heterocycles. The van der Waals surface area contributed by atoms with Gasteiger partial charge in [0.2, 0.25) is 0 Å². The lowest BCUT2D eigenvalue weighted by molar-refractivity contribution is -0.178. The summed E-state index contributed by atoms with van der Waals surface area (Å²) in [6, 6.07) is 0. The Balaban J connectivity index is 1.86. The van der Waals surface area contributed by atoms with Gasteiger partial charge in [0.1, 0.15) is 0 Å². The van der Waals surface area contributed by atoms with E-state index in [4.69, 9.17) is 9.47 Å². The summed E-state index contributed by atoms with van der Waals surface area (Å²) < 4.78 is 10.5. The third-order valence-corrected chi connectivity index (χ3v) is 5.08. The number of thiol groups is 2. The van der Waals surface area contributed by atoms with E-state index in [-0.39, 0.29) is 0 Å². The lowest BCUT2D eigenvalue weighted by Gasteiger charge is -2.34. The molecule has 0 aliphatic heterocycles. The summed E-state index contributed by atoms with van der Waals surface area (Å²) in [6.45, 7) is 0. The standard InChI is InChI=1S/C14H22O4S2/c15-11(17-13(19)7-3-1-4-8-13)12(16)18-14(20)9-5-2-6-10-14/h19-20H,1-10H2. The second-order valence-corrected chi connectivity index (χ2v) is 7.42. The van der Waals surface area contributed by atoms with Crippen molar-refractivity contribution in [2.24, 2.45) is 0 Å². The van der Waals surface area contributed by atoms with Gasteiger partial charge in [0.05, 0.1) is 0 Å². The molecule has 2 aliphatic rings. The monoisotopic (exact) mass is 318 g/mol. The number of esters is 2. The summed E-state index contributed by atoms with van der Waals surface area (Å²) in [5.74, 6) is -1.89. The van der Waals surface area contributed by atoms with Gasteiger partial charge in [0.25, 0.3) is 0 Å². The molecule has 0 aromatic carbocycles. The van der Waals surface area contributed by atoms with Crippen LogP contribution in [0.25, 0.3) is 0 Å². The maximum atomic E-state index is 11.9. The molecule has 0 atom stereocenters. The van der Waals surface area contributed by atoms with E-state index in [1.54, 1.807) is 0 Å². The maximum Gasteiger partial charge on any atom is 0.418 e. The zero-order valence-corrected chi connectivity index (χ0v) is 13.4. The molecule has 0 radical (unpaired) electrons. The summed E-state index contributed by atoms with van der Waals surface area (Å²) >= 11 is 8.80. The van der Waals surface area contributed by atoms with E-state index >= 15 is 0 Å². The minimum absolute atomic E-state index is 0.682. The maximum absolute atomic E-state index is 11.9. The first-order chi connectivity index (χ1) is 9.43. The molecule has 0 heterocycles. The van der Waals surface area contributed by atoms with Crippen LogP contribution in [0.15, 0.2) is 0 Å². The van der Waals surface area contributed by atoms with Crippen molar-refractivity contribution in [3.05, 3.63) is 0 Å². The topological polar surface area (TPSA) is 52.6 Å². The highest BCUT2D eigenvalue weighted by atomic mass is 32.1. The normalized spacial score (nSPS) is 24.7. The van der Waals surface area contributed by atoms with Gasteiger partial charge >= 0.3 is 11.9 Å². The van der Waals surface area contributed by atoms with Gasteiger partial charge in [-0.2, -0.15) is 0 Å². The molecule has 2 aliphatic carbocycles. The molecule has 20 heavy (non-hydrogen) atoms. The van der Waals surface area contributed by atoms with Crippen LogP contribution in [0.3, 0.4) is 0 Å². The third kappa shape index (κ3) is 4.32. The van der Waals surface area contributed by atoms with Gasteiger partial charge in [-0.1, -0.05) is 12.8 Å². The molecule has 0 unspecified atom stereocenters. The predicted octanol–water partition coefficient (Wildman–Crippen LogP) is 3.25. The van der Waals surface area contributed by atoms with E-state index in [0.29, 0.717) is 25.7 Å². The van der Waals surface area contributed by atoms with Crippen LogP contribution in [-0.4, -0.2) is 21.8 Å². The first kappa shape index (κ1) is 16.0. The van der Waals surface area contributed by atoms with Crippen LogP contribution < -0.4 is 0 Å². The zero-order chi connectivity index (χ0) is 14.6. The van der Waals surface area contributed by atoms with Gasteiger partial charge in [-0.05, 0) is 51.4 Å². The van der Waals surface area contributed by atoms with Crippen molar-refractivity contribution in [3.8, 4) is 0 Å². The van der Waals surface area contributed by atoms with Crippen LogP contribution in [0.4, 0.5) is 0 Å². The Kier molecular flexibility index (Phi) is 5.29. The lowest BCUT2D eigenvalue weighted by atomic mass is 9.97. The van der Waals surface area contributed by atoms with Crippen LogP contribution in [0.2, 0.25) is 0 Å². The Morgan fingerprint density at radius 2 is 0.950 bits per heavy atom. The number of hydrogen-bond donors (Lipinski definition) is 2. The predicted molar refractivity (Wildman–Crippen MR) is 81.8 cm³/mol. The third-order valence-electron chi connectivity index (χ3n) is 4.00. The highest BCUT2D eigenvalue weighted by Gasteiger charge is 2.38. The molecular formula is C14H22O4S2. The molecule has 0 aromatic rings. The second-order valence-electron chi connectivity index (χ2n) is 5.79. The number of hydrogen-bond acceptors (Lipinski definition) is 6. The van der Waals surface area contributed by atoms with E-state index in [0.717, 1.165) is 38.5 Å². The molecule has 2 saturated carbocycles. The Morgan fingerprint density at radius 1 is 0.650 bits per heavy atom. The highest BCUT2D eigenvalue weighted by molar-refractivity contribution is 7.81. The average molecular weight is 318 g/mol. The fraction of sp³-hybridized carbons (Fsp3) is 0.857. The smallest absolute Gasteiger partial charge is 0.418 e. The molecule has 0 N–H and O–H groups in total. The molecule has 0 amide bonds. The molecule has 0 bridgehead atoms. The Bertz CT molecular complexity index is 335. The number of carbonyl (C=O) groups excluding carboxylic acids is 2. The second kappa shape index (κ2) is 6.60. The van der Waals surface area contributed by atoms with E-state index in [9.17, 15) is 9.59 Å². The minimum atomic E-state index is -0.944. The van der Waals surface area contributed by atoms with Gasteiger partial charge in [0.15, 0.2) is 9.87 Å². The fourth-order valence-electron chi connectivity index (χ4n) is 2.84. The van der Waals surface area contributed by atoms with Crippen LogP contribution in [0, 0.1) is 0 Å². The first-order valence-corrected chi connectivity index (χ1v) is 8.23. The summed E-state index contributed by atoms with van der Waals surface area (Å²) in [7, 11) is 0. The SMILES string of the molecule is O=C(OC1(S)CCCCC1)C(=O)OC1(S)CCCCC1. The molecular weight excluding hydrogens is 296 g/mol. The van der Waals surface area contributed by atoms with Crippen LogP contribution in [-0.2, 0) is 19.1 Å². The van der Waals surface area contributed by atoms with Gasteiger partial charge in [-0.3, -0.25) is 0 Å². The molecule has 6 heteroatoms. The average Bonchev–Trinajstić information content (AvgIpc) is 2.39.